The van der Waals surface area contributed by atoms with Crippen LogP contribution in [-0.2, 0) is 30.2 Å². The first-order valence-corrected chi connectivity index (χ1v) is 16.6. The number of ether oxygens (including phenoxy) is 5. The number of nitrogens with zero attached hydrogens (tertiary/aromatic N) is 1. The molecule has 1 amide bonds. The molecule has 0 bridgehead atoms. The average Bonchev–Trinajstić information content (AvgIpc) is 3.42. The van der Waals surface area contributed by atoms with Gasteiger partial charge in [0.15, 0.2) is 12.1 Å². The number of carbonyl (C=O) groups excluding carboxylic acids is 3. The summed E-state index contributed by atoms with van der Waals surface area (Å²) in [4.78, 5) is 43.3. The number of hydrogen-bond acceptors (Lipinski definition) is 13. The van der Waals surface area contributed by atoms with Crippen molar-refractivity contribution in [3.05, 3.63) is 51.6 Å². The molecule has 7 rings (SSSR count). The van der Waals surface area contributed by atoms with Crippen LogP contribution in [0.5, 0.6) is 17.2 Å². The third-order valence-electron chi connectivity index (χ3n) is 9.70. The van der Waals surface area contributed by atoms with E-state index in [0.29, 0.717) is 26.2 Å². The highest BCUT2D eigenvalue weighted by Crippen LogP contribution is 2.52. The highest BCUT2D eigenvalue weighted by atomic mass is 32.2. The Hall–Kier alpha value is -3.24. The molecule has 3 fully saturated rings. The van der Waals surface area contributed by atoms with Crippen molar-refractivity contribution in [3.8, 4) is 17.2 Å². The Balaban J connectivity index is 1.31. The number of aromatic hydroxyl groups is 2. The molecule has 14 heteroatoms. The second kappa shape index (κ2) is 11.8. The van der Waals surface area contributed by atoms with Gasteiger partial charge in [-0.05, 0) is 19.2 Å². The summed E-state index contributed by atoms with van der Waals surface area (Å²) in [5.41, 5.74) is -2.94. The van der Waals surface area contributed by atoms with Gasteiger partial charge in [0.2, 0.25) is 5.78 Å². The van der Waals surface area contributed by atoms with E-state index in [1.807, 2.05) is 6.92 Å². The smallest absolute Gasteiger partial charge is 0.253 e. The number of hydrogen-bond donors (Lipinski definition) is 4. The van der Waals surface area contributed by atoms with Gasteiger partial charge in [-0.3, -0.25) is 19.3 Å². The van der Waals surface area contributed by atoms with E-state index in [0.717, 1.165) is 0 Å². The van der Waals surface area contributed by atoms with Gasteiger partial charge in [0, 0.05) is 48.5 Å². The molecule has 3 heterocycles. The van der Waals surface area contributed by atoms with Crippen molar-refractivity contribution in [2.24, 2.45) is 0 Å². The van der Waals surface area contributed by atoms with Crippen LogP contribution in [0.15, 0.2) is 18.2 Å². The monoisotopic (exact) mass is 656 g/mol. The summed E-state index contributed by atoms with van der Waals surface area (Å²) >= 11 is 1.35. The van der Waals surface area contributed by atoms with E-state index >= 15 is 0 Å². The lowest BCUT2D eigenvalue weighted by molar-refractivity contribution is -0.247. The van der Waals surface area contributed by atoms with Gasteiger partial charge >= 0.3 is 0 Å². The number of phenols is 2. The topological polar surface area (TPSA) is 173 Å². The van der Waals surface area contributed by atoms with Crippen molar-refractivity contribution in [2.75, 3.05) is 39.0 Å². The quantitative estimate of drug-likeness (QED) is 0.223. The lowest BCUT2D eigenvalue weighted by Gasteiger charge is -2.43. The molecule has 3 saturated heterocycles. The van der Waals surface area contributed by atoms with Crippen molar-refractivity contribution in [2.45, 2.75) is 68.7 Å². The van der Waals surface area contributed by atoms with E-state index in [1.165, 1.54) is 31.0 Å². The first-order chi connectivity index (χ1) is 22.1. The number of rotatable bonds is 6. The molecule has 2 aliphatic carbocycles. The van der Waals surface area contributed by atoms with Gasteiger partial charge in [-0.1, -0.05) is 12.1 Å². The molecule has 2 aromatic rings. The molecule has 0 aromatic heterocycles. The van der Waals surface area contributed by atoms with Crippen LogP contribution >= 0.6 is 11.8 Å². The van der Waals surface area contributed by atoms with Gasteiger partial charge in [0.1, 0.15) is 35.2 Å². The van der Waals surface area contributed by atoms with E-state index in [-0.39, 0.29) is 70.3 Å². The first-order valence-electron chi connectivity index (χ1n) is 15.2. The standard InChI is InChI=1S/C32H36N2O11S/c1-14-30-17(34-7-8-42-12-20(34)45-30)9-21(43-14)44-19-11-32(40,31(39)33-13-46-3)10-16-23(19)29(38)25-24(27(16)36)26(35)15-5-4-6-18(41-2)22(15)28(25)37/h4-6,14,17,19-21,30,36,38,40H,7-13H2,1-3H3,(H,33,39)/t14-,17-,19-,20+,21-,30+,32-/m0/s1. The van der Waals surface area contributed by atoms with Gasteiger partial charge in [-0.15, -0.1) is 11.8 Å². The van der Waals surface area contributed by atoms with Gasteiger partial charge in [-0.2, -0.15) is 0 Å². The summed E-state index contributed by atoms with van der Waals surface area (Å²) in [6, 6.07) is 4.47. The summed E-state index contributed by atoms with van der Waals surface area (Å²) in [5.74, 6) is -2.90. The summed E-state index contributed by atoms with van der Waals surface area (Å²) in [6.07, 6.45) is -1.44. The lowest BCUT2D eigenvalue weighted by Crippen LogP contribution is -2.54. The fraction of sp³-hybridized carbons (Fsp3) is 0.531. The number of morpholine rings is 1. The fourth-order valence-corrected chi connectivity index (χ4v) is 7.87. The molecule has 0 radical (unpaired) electrons. The van der Waals surface area contributed by atoms with Crippen molar-refractivity contribution in [1.29, 1.82) is 0 Å². The molecule has 4 N–H and O–H groups in total. The van der Waals surface area contributed by atoms with E-state index in [9.17, 15) is 29.7 Å². The zero-order chi connectivity index (χ0) is 32.5. The predicted molar refractivity (Wildman–Crippen MR) is 162 cm³/mol. The van der Waals surface area contributed by atoms with Crippen LogP contribution in [0, 0.1) is 0 Å². The number of fused-ring (bicyclic) bond motifs is 6. The van der Waals surface area contributed by atoms with Gasteiger partial charge in [0.25, 0.3) is 5.91 Å². The van der Waals surface area contributed by atoms with Crippen LogP contribution in [0.2, 0.25) is 0 Å². The molecular weight excluding hydrogens is 620 g/mol. The summed E-state index contributed by atoms with van der Waals surface area (Å²) in [5, 5.41) is 37.9. The second-order valence-electron chi connectivity index (χ2n) is 12.3. The Morgan fingerprint density at radius 3 is 2.70 bits per heavy atom. The number of benzene rings is 2. The summed E-state index contributed by atoms with van der Waals surface area (Å²) < 4.78 is 29.9. The minimum absolute atomic E-state index is 0.00225. The van der Waals surface area contributed by atoms with Crippen LogP contribution in [0.4, 0.5) is 0 Å². The Morgan fingerprint density at radius 1 is 1.15 bits per heavy atom. The Kier molecular flexibility index (Phi) is 8.03. The highest BCUT2D eigenvalue weighted by Gasteiger charge is 2.53. The van der Waals surface area contributed by atoms with Crippen molar-refractivity contribution < 1.29 is 53.4 Å². The van der Waals surface area contributed by atoms with Crippen LogP contribution < -0.4 is 10.1 Å². The SMILES string of the molecule is COc1cccc2c1C(=O)c1c(O)c3c(c(O)c1C2=O)C[C@@](O)(C(=O)NCSC)C[C@@H]3O[C@H]1C[C@H]2[C@H](O[C@@H]3COCCN32)[C@H](C)O1. The normalized spacial score (nSPS) is 31.7. The molecule has 5 aliphatic rings. The molecule has 2 aromatic carbocycles. The maximum atomic E-state index is 13.9. The Morgan fingerprint density at radius 2 is 1.93 bits per heavy atom. The number of aliphatic hydroxyl groups is 1. The van der Waals surface area contributed by atoms with E-state index in [2.05, 4.69) is 10.2 Å². The average molecular weight is 657 g/mol. The van der Waals surface area contributed by atoms with Gasteiger partial charge in [-0.25, -0.2) is 0 Å². The van der Waals surface area contributed by atoms with Crippen LogP contribution in [-0.4, -0.2) is 113 Å². The van der Waals surface area contributed by atoms with Crippen LogP contribution in [0.25, 0.3) is 0 Å². The molecule has 0 spiro atoms. The summed E-state index contributed by atoms with van der Waals surface area (Å²) in [7, 11) is 1.37. The summed E-state index contributed by atoms with van der Waals surface area (Å²) in [6.45, 7) is 3.56. The van der Waals surface area contributed by atoms with Crippen molar-refractivity contribution >= 4 is 29.2 Å². The number of thioether (sulfide) groups is 1. The number of ketones is 2. The predicted octanol–water partition coefficient (Wildman–Crippen LogP) is 1.61. The maximum absolute atomic E-state index is 13.9. The molecule has 7 atom stereocenters. The number of nitrogens with one attached hydrogen (secondary N) is 1. The largest absolute Gasteiger partial charge is 0.507 e. The number of phenolic OH excluding ortho intramolecular Hbond substituents is 2. The van der Waals surface area contributed by atoms with Crippen LogP contribution in [0.1, 0.15) is 68.8 Å². The molecular formula is C32H36N2O11S. The molecule has 246 valence electrons. The second-order valence-corrected chi connectivity index (χ2v) is 13.2. The van der Waals surface area contributed by atoms with E-state index in [1.54, 1.807) is 12.3 Å². The molecule has 46 heavy (non-hydrogen) atoms. The van der Waals surface area contributed by atoms with E-state index < -0.39 is 59.0 Å². The third-order valence-corrected chi connectivity index (χ3v) is 10.1. The molecule has 13 nitrogen and oxygen atoms in total. The highest BCUT2D eigenvalue weighted by molar-refractivity contribution is 7.98. The van der Waals surface area contributed by atoms with Gasteiger partial charge < -0.3 is 44.3 Å². The molecule has 0 saturated carbocycles. The zero-order valence-electron chi connectivity index (χ0n) is 25.6. The third kappa shape index (κ3) is 4.81. The number of carbonyl (C=O) groups is 3. The number of amides is 1. The van der Waals surface area contributed by atoms with Gasteiger partial charge in [0.05, 0.1) is 55.1 Å². The molecule has 0 unspecified atom stereocenters. The minimum atomic E-state index is -2.08. The fourth-order valence-electron chi connectivity index (χ4n) is 7.59. The maximum Gasteiger partial charge on any atom is 0.253 e. The lowest BCUT2D eigenvalue weighted by atomic mass is 9.72. The van der Waals surface area contributed by atoms with Crippen LogP contribution in [0.3, 0.4) is 0 Å². The van der Waals surface area contributed by atoms with Crippen molar-refractivity contribution in [3.63, 3.8) is 0 Å². The van der Waals surface area contributed by atoms with E-state index in [4.69, 9.17) is 23.7 Å². The minimum Gasteiger partial charge on any atom is -0.507 e. The Bertz CT molecular complexity index is 1610. The van der Waals surface area contributed by atoms with Crippen molar-refractivity contribution in [1.82, 2.24) is 10.2 Å². The number of methoxy groups -OCH3 is 1. The molecule has 3 aliphatic heterocycles. The zero-order valence-corrected chi connectivity index (χ0v) is 26.4. The Labute approximate surface area is 269 Å². The first kappa shape index (κ1) is 31.4.